The van der Waals surface area contributed by atoms with Gasteiger partial charge in [0.1, 0.15) is 13.6 Å². The highest BCUT2D eigenvalue weighted by Gasteiger charge is 2.37. The van der Waals surface area contributed by atoms with Crippen LogP contribution in [0.2, 0.25) is 6.32 Å². The minimum Gasteiger partial charge on any atom is -0.300 e. The topological polar surface area (TPSA) is 20.3 Å². The van der Waals surface area contributed by atoms with Crippen LogP contribution < -0.4 is 0 Å². The van der Waals surface area contributed by atoms with Gasteiger partial charge < -0.3 is 4.79 Å². The molecule has 1 saturated carbocycles. The first-order chi connectivity index (χ1) is 12.2. The van der Waals surface area contributed by atoms with Crippen molar-refractivity contribution in [2.24, 2.45) is 11.8 Å². The third kappa shape index (κ3) is 4.61. The van der Waals surface area contributed by atoms with Crippen LogP contribution in [0.5, 0.6) is 0 Å². The number of hydrogen-bond acceptors (Lipinski definition) is 2. The molecule has 25 heavy (non-hydrogen) atoms. The first-order valence-electron chi connectivity index (χ1n) is 9.52. The van der Waals surface area contributed by atoms with Crippen LogP contribution in [0.1, 0.15) is 30.9 Å². The summed E-state index contributed by atoms with van der Waals surface area (Å²) in [5.41, 5.74) is 2.69. The van der Waals surface area contributed by atoms with E-state index in [-0.39, 0.29) is 5.92 Å². The normalized spacial score (nSPS) is 23.0. The molecule has 0 heterocycles. The van der Waals surface area contributed by atoms with Crippen LogP contribution in [-0.2, 0) is 17.9 Å². The second-order valence-electron chi connectivity index (χ2n) is 7.41. The van der Waals surface area contributed by atoms with Crippen LogP contribution in [0.3, 0.4) is 0 Å². The van der Waals surface area contributed by atoms with Crippen LogP contribution in [0.4, 0.5) is 0 Å². The van der Waals surface area contributed by atoms with Crippen LogP contribution in [0.25, 0.3) is 0 Å². The predicted octanol–water partition coefficient (Wildman–Crippen LogP) is 3.72. The Labute approximate surface area is 152 Å². The summed E-state index contributed by atoms with van der Waals surface area (Å²) in [4.78, 5) is 14.9. The lowest BCUT2D eigenvalue weighted by atomic mass is 9.86. The Bertz CT molecular complexity index is 631. The standard InChI is InChI=1S/C22H28BNO/c1-17-12-20(13-21(17)22(25)14-23)24(15-18-8-4-2-5-9-18)16-19-10-6-3-7-11-19/h2-11,17,20-21H,12-16,23H2,1H3. The molecule has 0 N–H and O–H groups in total. The number of Topliss-reactive ketones (excluding diaryl/α,β-unsaturated/α-hetero) is 1. The Hall–Kier alpha value is -1.87. The number of benzene rings is 2. The van der Waals surface area contributed by atoms with E-state index >= 15 is 0 Å². The van der Waals surface area contributed by atoms with Gasteiger partial charge in [-0.2, -0.15) is 0 Å². The largest absolute Gasteiger partial charge is 0.300 e. The quantitative estimate of drug-likeness (QED) is 0.720. The van der Waals surface area contributed by atoms with Crippen LogP contribution in [0, 0.1) is 11.8 Å². The van der Waals surface area contributed by atoms with Crippen molar-refractivity contribution in [1.82, 2.24) is 4.90 Å². The number of rotatable bonds is 7. The highest BCUT2D eigenvalue weighted by Crippen LogP contribution is 2.37. The molecule has 0 spiro atoms. The highest BCUT2D eigenvalue weighted by molar-refractivity contribution is 6.20. The zero-order valence-corrected chi connectivity index (χ0v) is 15.4. The summed E-state index contributed by atoms with van der Waals surface area (Å²) in [7, 11) is 1.99. The van der Waals surface area contributed by atoms with Gasteiger partial charge in [-0.25, -0.2) is 0 Å². The lowest BCUT2D eigenvalue weighted by molar-refractivity contribution is -0.121. The first kappa shape index (κ1) is 17.9. The summed E-state index contributed by atoms with van der Waals surface area (Å²) in [5, 5.41) is 0. The highest BCUT2D eigenvalue weighted by atomic mass is 16.1. The van der Waals surface area contributed by atoms with Gasteiger partial charge in [0.05, 0.1) is 0 Å². The SMILES string of the molecule is BCC(=O)C1CC(N(Cc2ccccc2)Cc2ccccc2)CC1C. The summed E-state index contributed by atoms with van der Waals surface area (Å²) >= 11 is 0. The molecule has 0 aliphatic heterocycles. The van der Waals surface area contributed by atoms with E-state index in [0.29, 0.717) is 24.1 Å². The van der Waals surface area contributed by atoms with Gasteiger partial charge in [0.2, 0.25) is 0 Å². The first-order valence-corrected chi connectivity index (χ1v) is 9.52. The molecular formula is C22H28BNO. The van der Waals surface area contributed by atoms with Gasteiger partial charge in [-0.15, -0.1) is 0 Å². The van der Waals surface area contributed by atoms with Gasteiger partial charge >= 0.3 is 0 Å². The fourth-order valence-electron chi connectivity index (χ4n) is 4.17. The second-order valence-corrected chi connectivity index (χ2v) is 7.41. The molecule has 130 valence electrons. The average molecular weight is 333 g/mol. The van der Waals surface area contributed by atoms with Crippen LogP contribution in [-0.4, -0.2) is 24.6 Å². The molecule has 0 bridgehead atoms. The molecule has 1 aliphatic rings. The van der Waals surface area contributed by atoms with Crippen molar-refractivity contribution in [3.05, 3.63) is 71.8 Å². The number of ketones is 1. The van der Waals surface area contributed by atoms with E-state index in [4.69, 9.17) is 0 Å². The van der Waals surface area contributed by atoms with Crippen molar-refractivity contribution in [2.45, 2.75) is 45.2 Å². The van der Waals surface area contributed by atoms with Crippen molar-refractivity contribution in [3.8, 4) is 0 Å². The Morgan fingerprint density at radius 2 is 1.48 bits per heavy atom. The third-order valence-electron chi connectivity index (χ3n) is 5.59. The van der Waals surface area contributed by atoms with Crippen molar-refractivity contribution in [2.75, 3.05) is 0 Å². The smallest absolute Gasteiger partial charge is 0.128 e. The zero-order chi connectivity index (χ0) is 17.6. The van der Waals surface area contributed by atoms with E-state index in [1.807, 2.05) is 7.85 Å². The third-order valence-corrected chi connectivity index (χ3v) is 5.59. The number of carbonyl (C=O) groups excluding carboxylic acids is 1. The summed E-state index contributed by atoms with van der Waals surface area (Å²) in [6.07, 6.45) is 2.79. The summed E-state index contributed by atoms with van der Waals surface area (Å²) in [5.74, 6) is 1.17. The molecule has 0 amide bonds. The Morgan fingerprint density at radius 3 is 1.96 bits per heavy atom. The van der Waals surface area contributed by atoms with Gasteiger partial charge in [0.25, 0.3) is 0 Å². The Morgan fingerprint density at radius 1 is 0.960 bits per heavy atom. The van der Waals surface area contributed by atoms with Gasteiger partial charge in [0, 0.05) is 25.0 Å². The van der Waals surface area contributed by atoms with Gasteiger partial charge in [-0.3, -0.25) is 4.90 Å². The van der Waals surface area contributed by atoms with E-state index in [1.54, 1.807) is 0 Å². The molecule has 0 aromatic heterocycles. The molecule has 3 unspecified atom stereocenters. The minimum atomic E-state index is 0.240. The molecule has 1 fully saturated rings. The Kier molecular flexibility index (Phi) is 6.09. The summed E-state index contributed by atoms with van der Waals surface area (Å²) in [6, 6.07) is 21.8. The van der Waals surface area contributed by atoms with E-state index in [2.05, 4.69) is 72.5 Å². The molecule has 2 aromatic carbocycles. The summed E-state index contributed by atoms with van der Waals surface area (Å²) in [6.45, 7) is 4.14. The lowest BCUT2D eigenvalue weighted by Crippen LogP contribution is -2.33. The van der Waals surface area contributed by atoms with Gasteiger partial charge in [-0.1, -0.05) is 67.6 Å². The fraction of sp³-hybridized carbons (Fsp3) is 0.409. The van der Waals surface area contributed by atoms with E-state index in [0.717, 1.165) is 25.9 Å². The molecule has 2 nitrogen and oxygen atoms in total. The second kappa shape index (κ2) is 8.49. The maximum absolute atomic E-state index is 12.3. The van der Waals surface area contributed by atoms with Crippen molar-refractivity contribution in [1.29, 1.82) is 0 Å². The predicted molar refractivity (Wildman–Crippen MR) is 106 cm³/mol. The molecule has 1 aliphatic carbocycles. The Balaban J connectivity index is 1.77. The van der Waals surface area contributed by atoms with Gasteiger partial charge in [-0.05, 0) is 36.2 Å². The molecule has 0 saturated heterocycles. The molecular weight excluding hydrogens is 305 g/mol. The maximum Gasteiger partial charge on any atom is 0.128 e. The molecule has 2 aromatic rings. The molecule has 3 atom stereocenters. The van der Waals surface area contributed by atoms with Crippen molar-refractivity contribution < 1.29 is 4.79 Å². The number of nitrogens with zero attached hydrogens (tertiary/aromatic N) is 1. The fourth-order valence-corrected chi connectivity index (χ4v) is 4.17. The summed E-state index contributed by atoms with van der Waals surface area (Å²) < 4.78 is 0. The zero-order valence-electron chi connectivity index (χ0n) is 15.4. The van der Waals surface area contributed by atoms with Crippen molar-refractivity contribution in [3.63, 3.8) is 0 Å². The van der Waals surface area contributed by atoms with E-state index in [1.165, 1.54) is 11.1 Å². The van der Waals surface area contributed by atoms with E-state index in [9.17, 15) is 4.79 Å². The average Bonchev–Trinajstić information content (AvgIpc) is 3.04. The van der Waals surface area contributed by atoms with Crippen LogP contribution in [0.15, 0.2) is 60.7 Å². The molecule has 3 heteroatoms. The monoisotopic (exact) mass is 333 g/mol. The molecule has 3 rings (SSSR count). The van der Waals surface area contributed by atoms with Crippen molar-refractivity contribution >= 4 is 13.6 Å². The maximum atomic E-state index is 12.3. The van der Waals surface area contributed by atoms with Gasteiger partial charge in [0.15, 0.2) is 0 Å². The number of carbonyl (C=O) groups is 1. The molecule has 0 radical (unpaired) electrons. The minimum absolute atomic E-state index is 0.240. The lowest BCUT2D eigenvalue weighted by Gasteiger charge is -2.29. The number of hydrogen-bond donors (Lipinski definition) is 0. The van der Waals surface area contributed by atoms with E-state index < -0.39 is 0 Å². The van der Waals surface area contributed by atoms with Crippen LogP contribution >= 0.6 is 0 Å².